The van der Waals surface area contributed by atoms with Crippen LogP contribution in [-0.2, 0) is 24.6 Å². The van der Waals surface area contributed by atoms with Crippen molar-refractivity contribution in [1.82, 2.24) is 4.90 Å². The first-order valence-electron chi connectivity index (χ1n) is 14.3. The van der Waals surface area contributed by atoms with Crippen LogP contribution in [0.1, 0.15) is 20.7 Å². The Morgan fingerprint density at radius 1 is 0.872 bits per heavy atom. The molecule has 1 fully saturated rings. The zero-order chi connectivity index (χ0) is 33.6. The van der Waals surface area contributed by atoms with Crippen LogP contribution in [0, 0.1) is 0 Å². The van der Waals surface area contributed by atoms with Gasteiger partial charge in [-0.3, -0.25) is 14.4 Å². The van der Waals surface area contributed by atoms with Gasteiger partial charge in [0.15, 0.2) is 9.84 Å². The fourth-order valence-corrected chi connectivity index (χ4v) is 7.70. The second-order valence-corrected chi connectivity index (χ2v) is 14.5. The van der Waals surface area contributed by atoms with Gasteiger partial charge >= 0.3 is 5.97 Å². The smallest absolute Gasteiger partial charge is 0.343 e. The largest absolute Gasteiger partial charge is 0.423 e. The number of esters is 1. The number of sulfonamides is 1. The molecule has 1 atom stereocenters. The number of nitrogens with one attached hydrogen (secondary N) is 2. The molecular formula is C33H30ClN3O8S2. The molecule has 1 amide bonds. The van der Waals surface area contributed by atoms with Crippen LogP contribution in [0.4, 0.5) is 11.4 Å². The van der Waals surface area contributed by atoms with Crippen molar-refractivity contribution in [3.63, 3.8) is 0 Å². The van der Waals surface area contributed by atoms with Gasteiger partial charge in [-0.15, -0.1) is 6.58 Å². The molecule has 4 aromatic rings. The van der Waals surface area contributed by atoms with Gasteiger partial charge < -0.3 is 14.8 Å². The molecule has 47 heavy (non-hydrogen) atoms. The Balaban J connectivity index is 1.29. The molecule has 5 rings (SSSR count). The molecular weight excluding hydrogens is 666 g/mol. The molecule has 4 aromatic carbocycles. The van der Waals surface area contributed by atoms with E-state index in [0.717, 1.165) is 0 Å². The summed E-state index contributed by atoms with van der Waals surface area (Å²) in [5.74, 6) is -1.15. The number of nitrogens with zero attached hydrogens (tertiary/aromatic N) is 1. The first-order valence-corrected chi connectivity index (χ1v) is 17.7. The van der Waals surface area contributed by atoms with Crippen LogP contribution in [-0.4, -0.2) is 65.3 Å². The molecule has 0 aromatic heterocycles. The molecule has 11 nitrogen and oxygen atoms in total. The van der Waals surface area contributed by atoms with Crippen molar-refractivity contribution in [2.24, 2.45) is 0 Å². The van der Waals surface area contributed by atoms with Gasteiger partial charge in [0, 0.05) is 23.8 Å². The van der Waals surface area contributed by atoms with E-state index >= 15 is 0 Å². The van der Waals surface area contributed by atoms with E-state index in [1.165, 1.54) is 72.8 Å². The Hall–Kier alpha value is -4.53. The van der Waals surface area contributed by atoms with Crippen molar-refractivity contribution >= 4 is 54.7 Å². The van der Waals surface area contributed by atoms with E-state index in [9.17, 15) is 26.4 Å². The number of sulfone groups is 1. The Morgan fingerprint density at radius 3 is 2.15 bits per heavy atom. The SMILES string of the molecule is C=CC(N1CCOCC1)S(=O)(=O)c1ccc(NC(=O)c2cc(Cl)ccc2NS(=O)(=O)c2ccc(OC(=O)c3ccccc3)cc2)cc1. The third kappa shape index (κ3) is 8.07. The molecule has 0 saturated carbocycles. The van der Waals surface area contributed by atoms with E-state index in [1.807, 2.05) is 0 Å². The van der Waals surface area contributed by atoms with Crippen molar-refractivity contribution in [2.45, 2.75) is 15.2 Å². The third-order valence-electron chi connectivity index (χ3n) is 7.19. The van der Waals surface area contributed by atoms with Crippen molar-refractivity contribution < 1.29 is 35.9 Å². The summed E-state index contributed by atoms with van der Waals surface area (Å²) in [7, 11) is -8.00. The van der Waals surface area contributed by atoms with Gasteiger partial charge in [-0.05, 0) is 78.9 Å². The molecule has 1 unspecified atom stereocenters. The Morgan fingerprint density at radius 2 is 1.51 bits per heavy atom. The molecule has 0 aliphatic carbocycles. The maximum absolute atomic E-state index is 13.3. The third-order valence-corrected chi connectivity index (χ3v) is 10.9. The Labute approximate surface area is 277 Å². The molecule has 0 bridgehead atoms. The number of rotatable bonds is 11. The number of ether oxygens (including phenoxy) is 2. The number of amides is 1. The zero-order valence-electron chi connectivity index (χ0n) is 24.8. The minimum absolute atomic E-state index is 0.0453. The highest BCUT2D eigenvalue weighted by atomic mass is 35.5. The first kappa shape index (κ1) is 33.8. The molecule has 1 aliphatic rings. The maximum atomic E-state index is 13.3. The topological polar surface area (TPSA) is 148 Å². The second kappa shape index (κ2) is 14.5. The quantitative estimate of drug-likeness (QED) is 0.122. The van der Waals surface area contributed by atoms with Gasteiger partial charge in [-0.25, -0.2) is 21.6 Å². The average Bonchev–Trinajstić information content (AvgIpc) is 3.07. The summed E-state index contributed by atoms with van der Waals surface area (Å²) in [5, 5.41) is 1.90. The minimum atomic E-state index is -4.19. The van der Waals surface area contributed by atoms with Crippen LogP contribution >= 0.6 is 11.6 Å². The van der Waals surface area contributed by atoms with Crippen molar-refractivity contribution in [1.29, 1.82) is 0 Å². The number of halogens is 1. The van der Waals surface area contributed by atoms with Crippen LogP contribution in [0.25, 0.3) is 0 Å². The van der Waals surface area contributed by atoms with E-state index in [-0.39, 0.29) is 37.5 Å². The van der Waals surface area contributed by atoms with E-state index in [4.69, 9.17) is 21.1 Å². The van der Waals surface area contributed by atoms with E-state index in [2.05, 4.69) is 16.6 Å². The number of carbonyl (C=O) groups is 2. The lowest BCUT2D eigenvalue weighted by atomic mass is 10.1. The molecule has 1 saturated heterocycles. The number of morpholine rings is 1. The molecule has 244 valence electrons. The number of hydrogen-bond acceptors (Lipinski definition) is 9. The lowest BCUT2D eigenvalue weighted by molar-refractivity contribution is 0.0374. The van der Waals surface area contributed by atoms with Crippen molar-refractivity contribution in [3.05, 3.63) is 126 Å². The number of benzene rings is 4. The van der Waals surface area contributed by atoms with Crippen LogP contribution < -0.4 is 14.8 Å². The molecule has 0 radical (unpaired) electrons. The Kier molecular flexibility index (Phi) is 10.4. The highest BCUT2D eigenvalue weighted by Gasteiger charge is 2.31. The lowest BCUT2D eigenvalue weighted by Crippen LogP contribution is -2.46. The average molecular weight is 696 g/mol. The zero-order valence-corrected chi connectivity index (χ0v) is 27.2. The molecule has 1 aliphatic heterocycles. The van der Waals surface area contributed by atoms with E-state index < -0.39 is 37.1 Å². The highest BCUT2D eigenvalue weighted by molar-refractivity contribution is 7.92. The normalized spacial score (nSPS) is 14.5. The summed E-state index contributed by atoms with van der Waals surface area (Å²) in [6.07, 6.45) is 1.38. The molecule has 1 heterocycles. The van der Waals surface area contributed by atoms with Crippen molar-refractivity contribution in [3.8, 4) is 5.75 Å². The fraction of sp³-hybridized carbons (Fsp3) is 0.152. The lowest BCUT2D eigenvalue weighted by Gasteiger charge is -2.32. The van der Waals surface area contributed by atoms with Gasteiger partial charge in [0.2, 0.25) is 0 Å². The maximum Gasteiger partial charge on any atom is 0.343 e. The summed E-state index contributed by atoms with van der Waals surface area (Å²) < 4.78 is 66.2. The highest BCUT2D eigenvalue weighted by Crippen LogP contribution is 2.27. The van der Waals surface area contributed by atoms with Crippen LogP contribution in [0.2, 0.25) is 5.02 Å². The standard InChI is InChI=1S/C33H30ClN3O8S2/c1-2-31(37-18-20-44-21-19-37)46(40,41)27-13-9-25(10-14-27)35-32(38)29-22-24(34)8-17-30(29)36-47(42,43)28-15-11-26(12-16-28)45-33(39)23-6-4-3-5-7-23/h2-17,22,31,36H,1,18-21H2,(H,35,38). The van der Waals surface area contributed by atoms with Gasteiger partial charge in [0.05, 0.1) is 39.8 Å². The number of anilines is 2. The van der Waals surface area contributed by atoms with Gasteiger partial charge in [0.25, 0.3) is 15.9 Å². The monoisotopic (exact) mass is 695 g/mol. The van der Waals surface area contributed by atoms with Crippen LogP contribution in [0.5, 0.6) is 5.75 Å². The fourth-order valence-electron chi connectivity index (χ4n) is 4.79. The second-order valence-electron chi connectivity index (χ2n) is 10.3. The van der Waals surface area contributed by atoms with Crippen LogP contribution in [0.15, 0.2) is 120 Å². The molecule has 0 spiro atoms. The van der Waals surface area contributed by atoms with Crippen LogP contribution in [0.3, 0.4) is 0 Å². The van der Waals surface area contributed by atoms with Gasteiger partial charge in [0.1, 0.15) is 11.1 Å². The Bertz CT molecular complexity index is 1980. The first-order chi connectivity index (χ1) is 22.5. The predicted molar refractivity (Wildman–Crippen MR) is 178 cm³/mol. The minimum Gasteiger partial charge on any atom is -0.423 e. The summed E-state index contributed by atoms with van der Waals surface area (Å²) in [4.78, 5) is 27.3. The van der Waals surface area contributed by atoms with Crippen molar-refractivity contribution in [2.75, 3.05) is 36.3 Å². The summed E-state index contributed by atoms with van der Waals surface area (Å²) in [5.41, 5.74) is 0.477. The van der Waals surface area contributed by atoms with Gasteiger partial charge in [-0.2, -0.15) is 0 Å². The summed E-state index contributed by atoms with van der Waals surface area (Å²) in [6, 6.07) is 23.2. The summed E-state index contributed by atoms with van der Waals surface area (Å²) in [6.45, 7) is 5.45. The van der Waals surface area contributed by atoms with E-state index in [1.54, 1.807) is 35.2 Å². The molecule has 14 heteroatoms. The summed E-state index contributed by atoms with van der Waals surface area (Å²) >= 11 is 6.15. The molecule has 2 N–H and O–H groups in total. The van der Waals surface area contributed by atoms with E-state index in [0.29, 0.717) is 31.9 Å². The predicted octanol–water partition coefficient (Wildman–Crippen LogP) is 5.23. The number of carbonyl (C=O) groups excluding carboxylic acids is 2. The van der Waals surface area contributed by atoms with Gasteiger partial charge in [-0.1, -0.05) is 35.9 Å². The number of hydrogen-bond donors (Lipinski definition) is 2.